The van der Waals surface area contributed by atoms with E-state index in [0.29, 0.717) is 15.5 Å². The number of hydrogen-bond acceptors (Lipinski definition) is 9. The van der Waals surface area contributed by atoms with Gasteiger partial charge in [0.25, 0.3) is 5.69 Å². The number of carbonyl (C=O) groups is 1. The summed E-state index contributed by atoms with van der Waals surface area (Å²) < 4.78 is 22.4. The number of hydrogen-bond donors (Lipinski definition) is 0. The largest absolute Gasteiger partial charge is 0.439 e. The molecule has 0 spiro atoms. The number of pyridine rings is 1. The van der Waals surface area contributed by atoms with E-state index in [4.69, 9.17) is 4.74 Å². The van der Waals surface area contributed by atoms with E-state index in [-0.39, 0.29) is 17.1 Å². The van der Waals surface area contributed by atoms with Crippen molar-refractivity contribution in [1.29, 1.82) is 5.26 Å². The van der Waals surface area contributed by atoms with E-state index in [1.54, 1.807) is 35.7 Å². The fourth-order valence-corrected chi connectivity index (χ4v) is 4.06. The Bertz CT molecular complexity index is 1300. The van der Waals surface area contributed by atoms with Crippen LogP contribution in [-0.4, -0.2) is 26.2 Å². The van der Waals surface area contributed by atoms with Crippen LogP contribution in [0.1, 0.15) is 9.67 Å². The molecule has 0 saturated carbocycles. The van der Waals surface area contributed by atoms with Crippen molar-refractivity contribution in [3.8, 4) is 17.7 Å². The minimum absolute atomic E-state index is 0.155. The molecule has 156 valence electrons. The Balaban J connectivity index is 1.78. The Labute approximate surface area is 181 Å². The number of Topliss-reactive ketones (excluding diaryl/α,β-unsaturated/α-hetero) is 1. The summed E-state index contributed by atoms with van der Waals surface area (Å²) >= 11 is 1.20. The van der Waals surface area contributed by atoms with Gasteiger partial charge in [-0.05, 0) is 35.7 Å². The molecular formula is C20H14N4O5S2. The summed E-state index contributed by atoms with van der Waals surface area (Å²) in [4.78, 5) is 27.0. The zero-order valence-electron chi connectivity index (χ0n) is 16.0. The third-order valence-electron chi connectivity index (χ3n) is 3.91. The quantitative estimate of drug-likeness (QED) is 0.167. The fraction of sp³-hybridized carbons (Fsp3) is 0.0500. The summed E-state index contributed by atoms with van der Waals surface area (Å²) in [6, 6.07) is 13.9. The van der Waals surface area contributed by atoms with Crippen molar-refractivity contribution in [2.45, 2.75) is 4.90 Å². The molecule has 9 nitrogen and oxygen atoms in total. The first-order chi connectivity index (χ1) is 14.8. The van der Waals surface area contributed by atoms with Gasteiger partial charge in [0.05, 0.1) is 25.7 Å². The van der Waals surface area contributed by atoms with Crippen molar-refractivity contribution in [2.75, 3.05) is 6.26 Å². The second kappa shape index (κ2) is 9.29. The number of allylic oxidation sites excluding steroid dienone is 1. The Hall–Kier alpha value is -3.88. The Morgan fingerprint density at radius 2 is 2.03 bits per heavy atom. The van der Waals surface area contributed by atoms with Crippen LogP contribution in [0.5, 0.6) is 11.6 Å². The molecule has 31 heavy (non-hydrogen) atoms. The highest BCUT2D eigenvalue weighted by atomic mass is 32.2. The van der Waals surface area contributed by atoms with E-state index in [1.807, 2.05) is 0 Å². The monoisotopic (exact) mass is 454 g/mol. The third kappa shape index (κ3) is 5.39. The van der Waals surface area contributed by atoms with Crippen molar-refractivity contribution in [2.24, 2.45) is 4.36 Å². The van der Waals surface area contributed by atoms with Gasteiger partial charge in [0.1, 0.15) is 23.6 Å². The van der Waals surface area contributed by atoms with E-state index >= 15 is 0 Å². The predicted molar refractivity (Wildman–Crippen MR) is 115 cm³/mol. The topological polar surface area (TPSA) is 136 Å². The van der Waals surface area contributed by atoms with Gasteiger partial charge in [0.2, 0.25) is 11.7 Å². The summed E-state index contributed by atoms with van der Waals surface area (Å²) in [5, 5.41) is 21.6. The van der Waals surface area contributed by atoms with Crippen LogP contribution in [0.3, 0.4) is 0 Å². The molecule has 1 atom stereocenters. The molecule has 1 aromatic carbocycles. The highest BCUT2D eigenvalue weighted by Gasteiger charge is 2.14. The van der Waals surface area contributed by atoms with Gasteiger partial charge in [-0.3, -0.25) is 14.9 Å². The van der Waals surface area contributed by atoms with Gasteiger partial charge in [-0.25, -0.2) is 13.6 Å². The molecule has 3 aromatic rings. The summed E-state index contributed by atoms with van der Waals surface area (Å²) in [6.07, 6.45) is 3.51. The Morgan fingerprint density at radius 3 is 2.58 bits per heavy atom. The van der Waals surface area contributed by atoms with E-state index in [0.717, 1.165) is 12.4 Å². The maximum atomic E-state index is 12.9. The number of nitrogens with zero attached hydrogens (tertiary/aromatic N) is 4. The number of ether oxygens (including phenoxy) is 1. The van der Waals surface area contributed by atoms with Crippen LogP contribution < -0.4 is 4.74 Å². The predicted octanol–water partition coefficient (Wildman–Crippen LogP) is 4.59. The molecule has 0 fully saturated rings. The van der Waals surface area contributed by atoms with Gasteiger partial charge in [-0.15, -0.1) is 11.3 Å². The smallest absolute Gasteiger partial charge is 0.287 e. The van der Waals surface area contributed by atoms with Crippen LogP contribution in [0.2, 0.25) is 0 Å². The van der Waals surface area contributed by atoms with Crippen LogP contribution in [0, 0.1) is 21.4 Å². The lowest BCUT2D eigenvalue weighted by molar-refractivity contribution is -0.385. The summed E-state index contributed by atoms with van der Waals surface area (Å²) in [6.45, 7) is 0. The molecule has 0 aliphatic heterocycles. The Kier molecular flexibility index (Phi) is 6.54. The fourth-order valence-electron chi connectivity index (χ4n) is 2.31. The van der Waals surface area contributed by atoms with Gasteiger partial charge < -0.3 is 4.74 Å². The second-order valence-corrected chi connectivity index (χ2v) is 9.29. The number of rotatable bonds is 7. The normalized spacial score (nSPS) is 13.0. The SMILES string of the molecule is C[S@@](=O)(=N/C=C(\C#N)C(=O)c1cccs1)c1ccc(Oc2ccc([N+](=O)[O-])cn2)cc1. The van der Waals surface area contributed by atoms with Crippen LogP contribution in [0.4, 0.5) is 5.69 Å². The average Bonchev–Trinajstić information content (AvgIpc) is 3.30. The number of nitro groups is 1. The number of ketones is 1. The molecule has 0 aliphatic rings. The molecule has 0 saturated heterocycles. The number of benzene rings is 1. The molecule has 0 N–H and O–H groups in total. The maximum absolute atomic E-state index is 12.9. The van der Waals surface area contributed by atoms with Gasteiger partial charge >= 0.3 is 0 Å². The zero-order valence-corrected chi connectivity index (χ0v) is 17.6. The highest BCUT2D eigenvalue weighted by Crippen LogP contribution is 2.23. The van der Waals surface area contributed by atoms with Crippen molar-refractivity contribution >= 4 is 32.5 Å². The van der Waals surface area contributed by atoms with E-state index in [1.165, 1.54) is 41.9 Å². The lowest BCUT2D eigenvalue weighted by atomic mass is 10.2. The number of nitriles is 1. The minimum Gasteiger partial charge on any atom is -0.439 e. The van der Waals surface area contributed by atoms with E-state index in [2.05, 4.69) is 9.35 Å². The molecule has 3 rings (SSSR count). The first-order valence-electron chi connectivity index (χ1n) is 8.58. The van der Waals surface area contributed by atoms with Gasteiger partial charge in [0, 0.05) is 23.3 Å². The molecule has 0 aliphatic carbocycles. The molecular weight excluding hydrogens is 440 g/mol. The standard InChI is InChI=1S/C20H14N4O5S2/c1-31(28,23-12-14(11-21)20(25)18-3-2-10-30-18)17-7-5-16(6-8-17)29-19-9-4-15(13-22-19)24(26)27/h2-10,12-13H,1H3/b14-12+/t31-/m0/s1. The van der Waals surface area contributed by atoms with Crippen molar-refractivity contribution < 1.29 is 18.7 Å². The lowest BCUT2D eigenvalue weighted by Crippen LogP contribution is -2.01. The summed E-state index contributed by atoms with van der Waals surface area (Å²) in [5.74, 6) is 0.0613. The summed E-state index contributed by atoms with van der Waals surface area (Å²) in [5.41, 5.74) is -0.362. The van der Waals surface area contributed by atoms with Crippen LogP contribution in [0.25, 0.3) is 0 Å². The number of thiophene rings is 1. The van der Waals surface area contributed by atoms with Crippen molar-refractivity contribution in [3.63, 3.8) is 0 Å². The average molecular weight is 454 g/mol. The first-order valence-corrected chi connectivity index (χ1v) is 11.4. The minimum atomic E-state index is -2.92. The maximum Gasteiger partial charge on any atom is 0.287 e. The molecule has 2 aromatic heterocycles. The van der Waals surface area contributed by atoms with Crippen molar-refractivity contribution in [1.82, 2.24) is 4.98 Å². The second-order valence-electron chi connectivity index (χ2n) is 6.05. The van der Waals surface area contributed by atoms with Gasteiger partial charge in [-0.2, -0.15) is 5.26 Å². The molecule has 0 bridgehead atoms. The molecule has 11 heteroatoms. The van der Waals surface area contributed by atoms with E-state index < -0.39 is 20.4 Å². The van der Waals surface area contributed by atoms with Crippen LogP contribution >= 0.6 is 11.3 Å². The molecule has 2 heterocycles. The molecule has 0 radical (unpaired) electrons. The van der Waals surface area contributed by atoms with E-state index in [9.17, 15) is 24.4 Å². The van der Waals surface area contributed by atoms with Crippen LogP contribution in [0.15, 0.2) is 81.1 Å². The first kappa shape index (κ1) is 21.8. The van der Waals surface area contributed by atoms with Gasteiger partial charge in [-0.1, -0.05) is 6.07 Å². The molecule has 0 unspecified atom stereocenters. The Morgan fingerprint density at radius 1 is 1.29 bits per heavy atom. The van der Waals surface area contributed by atoms with Crippen molar-refractivity contribution in [3.05, 3.63) is 86.9 Å². The third-order valence-corrected chi connectivity index (χ3v) is 6.43. The highest BCUT2D eigenvalue weighted by molar-refractivity contribution is 7.93. The van der Waals surface area contributed by atoms with Crippen LogP contribution in [-0.2, 0) is 9.73 Å². The zero-order chi connectivity index (χ0) is 22.4. The number of carbonyl (C=O) groups excluding carboxylic acids is 1. The molecule has 0 amide bonds. The lowest BCUT2D eigenvalue weighted by Gasteiger charge is -2.07. The summed E-state index contributed by atoms with van der Waals surface area (Å²) in [7, 11) is -2.92. The van der Waals surface area contributed by atoms with Gasteiger partial charge in [0.15, 0.2) is 0 Å². The number of aromatic nitrogens is 1.